The Labute approximate surface area is 101 Å². The van der Waals surface area contributed by atoms with Crippen LogP contribution >= 0.6 is 15.9 Å². The maximum Gasteiger partial charge on any atom is 0.0288 e. The summed E-state index contributed by atoms with van der Waals surface area (Å²) in [6, 6.07) is 11.5. The molecule has 1 aliphatic heterocycles. The van der Waals surface area contributed by atoms with E-state index in [0.29, 0.717) is 4.83 Å². The highest BCUT2D eigenvalue weighted by Gasteiger charge is 2.26. The Morgan fingerprint density at radius 1 is 1.33 bits per heavy atom. The van der Waals surface area contributed by atoms with Gasteiger partial charge in [-0.3, -0.25) is 4.90 Å². The SMILES string of the molecule is CC1CC(Br)CN1CCc1ccccc1. The second-order valence-electron chi connectivity index (χ2n) is 4.41. The fourth-order valence-corrected chi connectivity index (χ4v) is 3.17. The molecule has 0 amide bonds. The van der Waals surface area contributed by atoms with Gasteiger partial charge in [0, 0.05) is 24.0 Å². The zero-order chi connectivity index (χ0) is 10.7. The molecule has 2 unspecified atom stereocenters. The van der Waals surface area contributed by atoms with E-state index < -0.39 is 0 Å². The third kappa shape index (κ3) is 3.05. The monoisotopic (exact) mass is 267 g/mol. The molecular weight excluding hydrogens is 250 g/mol. The van der Waals surface area contributed by atoms with Gasteiger partial charge in [-0.1, -0.05) is 46.3 Å². The average molecular weight is 268 g/mol. The lowest BCUT2D eigenvalue weighted by molar-refractivity contribution is 0.273. The number of hydrogen-bond acceptors (Lipinski definition) is 1. The molecule has 0 aromatic heterocycles. The van der Waals surface area contributed by atoms with E-state index in [9.17, 15) is 0 Å². The van der Waals surface area contributed by atoms with Crippen molar-refractivity contribution in [3.8, 4) is 0 Å². The van der Waals surface area contributed by atoms with Gasteiger partial charge in [-0.25, -0.2) is 0 Å². The van der Waals surface area contributed by atoms with Gasteiger partial charge in [-0.05, 0) is 25.3 Å². The molecule has 0 saturated carbocycles. The lowest BCUT2D eigenvalue weighted by atomic mass is 10.1. The second kappa shape index (κ2) is 5.13. The zero-order valence-corrected chi connectivity index (χ0v) is 10.8. The predicted molar refractivity (Wildman–Crippen MR) is 68.5 cm³/mol. The Morgan fingerprint density at radius 2 is 2.07 bits per heavy atom. The third-order valence-corrected chi connectivity index (χ3v) is 3.85. The zero-order valence-electron chi connectivity index (χ0n) is 9.20. The van der Waals surface area contributed by atoms with Crippen molar-refractivity contribution in [2.45, 2.75) is 30.6 Å². The molecule has 0 spiro atoms. The molecule has 1 aromatic carbocycles. The van der Waals surface area contributed by atoms with Crippen molar-refractivity contribution in [2.24, 2.45) is 0 Å². The van der Waals surface area contributed by atoms with Crippen molar-refractivity contribution < 1.29 is 0 Å². The number of likely N-dealkylation sites (tertiary alicyclic amines) is 1. The summed E-state index contributed by atoms with van der Waals surface area (Å²) in [6.07, 6.45) is 2.46. The van der Waals surface area contributed by atoms with Crippen molar-refractivity contribution in [3.05, 3.63) is 35.9 Å². The van der Waals surface area contributed by atoms with Crippen LogP contribution in [0.3, 0.4) is 0 Å². The maximum atomic E-state index is 3.70. The van der Waals surface area contributed by atoms with Gasteiger partial charge in [-0.15, -0.1) is 0 Å². The Kier molecular flexibility index (Phi) is 3.81. The molecular formula is C13H18BrN. The third-order valence-electron chi connectivity index (χ3n) is 3.18. The van der Waals surface area contributed by atoms with Gasteiger partial charge in [0.15, 0.2) is 0 Å². The van der Waals surface area contributed by atoms with E-state index in [0.717, 1.165) is 6.04 Å². The topological polar surface area (TPSA) is 3.24 Å². The first-order valence-corrected chi connectivity index (χ1v) is 6.59. The van der Waals surface area contributed by atoms with Crippen LogP contribution < -0.4 is 0 Å². The Hall–Kier alpha value is -0.340. The average Bonchev–Trinajstić information content (AvgIpc) is 2.56. The largest absolute Gasteiger partial charge is 0.299 e. The van der Waals surface area contributed by atoms with Crippen LogP contribution in [0.4, 0.5) is 0 Å². The minimum atomic E-state index is 0.697. The number of nitrogens with zero attached hydrogens (tertiary/aromatic N) is 1. The molecule has 1 heterocycles. The van der Waals surface area contributed by atoms with Crippen LogP contribution in [0.15, 0.2) is 30.3 Å². The van der Waals surface area contributed by atoms with Crippen molar-refractivity contribution in [1.82, 2.24) is 4.90 Å². The molecule has 0 aliphatic carbocycles. The molecule has 0 bridgehead atoms. The molecule has 2 rings (SSSR count). The van der Waals surface area contributed by atoms with E-state index in [-0.39, 0.29) is 0 Å². The van der Waals surface area contributed by atoms with Crippen LogP contribution in [0.1, 0.15) is 18.9 Å². The summed E-state index contributed by atoms with van der Waals surface area (Å²) in [5.74, 6) is 0. The van der Waals surface area contributed by atoms with Gasteiger partial charge in [0.25, 0.3) is 0 Å². The summed E-state index contributed by atoms with van der Waals surface area (Å²) in [6.45, 7) is 4.72. The first-order valence-electron chi connectivity index (χ1n) is 5.68. The highest BCUT2D eigenvalue weighted by molar-refractivity contribution is 9.09. The maximum absolute atomic E-state index is 3.70. The number of rotatable bonds is 3. The molecule has 82 valence electrons. The quantitative estimate of drug-likeness (QED) is 0.761. The van der Waals surface area contributed by atoms with E-state index in [2.05, 4.69) is 58.1 Å². The van der Waals surface area contributed by atoms with Crippen molar-refractivity contribution in [1.29, 1.82) is 0 Å². The van der Waals surface area contributed by atoms with Crippen LogP contribution in [0, 0.1) is 0 Å². The van der Waals surface area contributed by atoms with Crippen LogP contribution in [0.25, 0.3) is 0 Å². The van der Waals surface area contributed by atoms with Crippen molar-refractivity contribution in [3.63, 3.8) is 0 Å². The van der Waals surface area contributed by atoms with Gasteiger partial charge in [0.2, 0.25) is 0 Å². The Balaban J connectivity index is 1.84. The number of benzene rings is 1. The highest BCUT2D eigenvalue weighted by Crippen LogP contribution is 2.23. The summed E-state index contributed by atoms with van der Waals surface area (Å²) in [5.41, 5.74) is 1.45. The van der Waals surface area contributed by atoms with Crippen LogP contribution in [0.2, 0.25) is 0 Å². The fourth-order valence-electron chi connectivity index (χ4n) is 2.26. The summed E-state index contributed by atoms with van der Waals surface area (Å²) in [4.78, 5) is 3.27. The van der Waals surface area contributed by atoms with Gasteiger partial charge in [0.05, 0.1) is 0 Å². The molecule has 0 radical (unpaired) electrons. The molecule has 2 heteroatoms. The van der Waals surface area contributed by atoms with Crippen molar-refractivity contribution >= 4 is 15.9 Å². The molecule has 1 aliphatic rings. The van der Waals surface area contributed by atoms with Gasteiger partial charge in [-0.2, -0.15) is 0 Å². The molecule has 2 atom stereocenters. The van der Waals surface area contributed by atoms with E-state index >= 15 is 0 Å². The smallest absolute Gasteiger partial charge is 0.0288 e. The summed E-state index contributed by atoms with van der Waals surface area (Å²) in [7, 11) is 0. The lowest BCUT2D eigenvalue weighted by Gasteiger charge is -2.20. The first kappa shape index (κ1) is 11.2. The molecule has 1 fully saturated rings. The van der Waals surface area contributed by atoms with Gasteiger partial charge >= 0.3 is 0 Å². The first-order chi connectivity index (χ1) is 7.25. The number of alkyl halides is 1. The Bertz CT molecular complexity index is 299. The molecule has 1 aromatic rings. The molecule has 1 nitrogen and oxygen atoms in total. The van der Waals surface area contributed by atoms with Crippen molar-refractivity contribution in [2.75, 3.05) is 13.1 Å². The summed E-state index contributed by atoms with van der Waals surface area (Å²) >= 11 is 3.70. The van der Waals surface area contributed by atoms with Gasteiger partial charge in [0.1, 0.15) is 0 Å². The van der Waals surface area contributed by atoms with Crippen LogP contribution in [0.5, 0.6) is 0 Å². The normalized spacial score (nSPS) is 27.1. The molecule has 15 heavy (non-hydrogen) atoms. The van der Waals surface area contributed by atoms with E-state index in [4.69, 9.17) is 0 Å². The van der Waals surface area contributed by atoms with Crippen LogP contribution in [-0.4, -0.2) is 28.9 Å². The van der Waals surface area contributed by atoms with Gasteiger partial charge < -0.3 is 0 Å². The molecule has 1 saturated heterocycles. The lowest BCUT2D eigenvalue weighted by Crippen LogP contribution is -2.29. The highest BCUT2D eigenvalue weighted by atomic mass is 79.9. The minimum Gasteiger partial charge on any atom is -0.299 e. The Morgan fingerprint density at radius 3 is 2.67 bits per heavy atom. The predicted octanol–water partition coefficient (Wildman–Crippen LogP) is 3.09. The van der Waals surface area contributed by atoms with Crippen LogP contribution in [-0.2, 0) is 6.42 Å². The van der Waals surface area contributed by atoms with E-state index in [1.807, 2.05) is 0 Å². The van der Waals surface area contributed by atoms with E-state index in [1.54, 1.807) is 0 Å². The molecule has 0 N–H and O–H groups in total. The fraction of sp³-hybridized carbons (Fsp3) is 0.538. The minimum absolute atomic E-state index is 0.697. The summed E-state index contributed by atoms with van der Waals surface area (Å²) < 4.78 is 0. The standard InChI is InChI=1S/C13H18BrN/c1-11-9-13(14)10-15(11)8-7-12-5-3-2-4-6-12/h2-6,11,13H,7-10H2,1H3. The second-order valence-corrected chi connectivity index (χ2v) is 5.71. The van der Waals surface area contributed by atoms with E-state index in [1.165, 1.54) is 31.5 Å². The number of halogens is 1. The summed E-state index contributed by atoms with van der Waals surface area (Å²) in [5, 5.41) is 0. The number of hydrogen-bond donors (Lipinski definition) is 0.